The molecule has 1 N–H and O–H groups in total. The van der Waals surface area contributed by atoms with E-state index in [9.17, 15) is 9.59 Å². The third-order valence-electron chi connectivity index (χ3n) is 2.42. The first-order valence-electron chi connectivity index (χ1n) is 4.98. The lowest BCUT2D eigenvalue weighted by molar-refractivity contribution is -0.146. The first-order valence-corrected chi connectivity index (χ1v) is 4.98. The van der Waals surface area contributed by atoms with Crippen molar-refractivity contribution in [2.75, 3.05) is 19.6 Å². The van der Waals surface area contributed by atoms with Gasteiger partial charge in [0.2, 0.25) is 0 Å². The van der Waals surface area contributed by atoms with Crippen LogP contribution in [0.1, 0.15) is 27.2 Å². The molecule has 0 aromatic heterocycles. The van der Waals surface area contributed by atoms with E-state index in [4.69, 9.17) is 5.11 Å². The number of carboxylic acids is 1. The second-order valence-electron chi connectivity index (χ2n) is 3.32. The number of nitrogens with zero attached hydrogens (tertiary/aromatic N) is 1. The Hall–Kier alpha value is -0.900. The summed E-state index contributed by atoms with van der Waals surface area (Å²) in [5.74, 6) is -2.11. The molecule has 0 radical (unpaired) electrons. The molecule has 0 aliphatic heterocycles. The summed E-state index contributed by atoms with van der Waals surface area (Å²) >= 11 is 0. The fourth-order valence-corrected chi connectivity index (χ4v) is 1.35. The minimum Gasteiger partial charge on any atom is -0.481 e. The smallest absolute Gasteiger partial charge is 0.314 e. The molecule has 1 unspecified atom stereocenters. The molecule has 0 amide bonds. The highest BCUT2D eigenvalue weighted by Crippen LogP contribution is 2.06. The van der Waals surface area contributed by atoms with Crippen molar-refractivity contribution in [3.63, 3.8) is 0 Å². The highest BCUT2D eigenvalue weighted by molar-refractivity contribution is 5.96. The van der Waals surface area contributed by atoms with Crippen molar-refractivity contribution in [2.24, 2.45) is 5.92 Å². The maximum Gasteiger partial charge on any atom is 0.314 e. The molecule has 0 saturated heterocycles. The van der Waals surface area contributed by atoms with Gasteiger partial charge in [-0.05, 0) is 33.0 Å². The molecule has 0 fully saturated rings. The second kappa shape index (κ2) is 6.54. The van der Waals surface area contributed by atoms with Gasteiger partial charge in [0, 0.05) is 0 Å². The molecule has 0 spiro atoms. The fraction of sp³-hybridized carbons (Fsp3) is 0.800. The summed E-state index contributed by atoms with van der Waals surface area (Å²) in [5.41, 5.74) is 0. The van der Waals surface area contributed by atoms with Gasteiger partial charge in [-0.3, -0.25) is 9.59 Å². The zero-order valence-corrected chi connectivity index (χ0v) is 9.12. The number of carbonyl (C=O) groups excluding carboxylic acids is 1. The molecule has 0 aliphatic rings. The Morgan fingerprint density at radius 2 is 1.79 bits per heavy atom. The van der Waals surface area contributed by atoms with Crippen LogP contribution in [0.15, 0.2) is 0 Å². The van der Waals surface area contributed by atoms with E-state index in [0.717, 1.165) is 13.1 Å². The molecule has 0 aromatic carbocycles. The maximum atomic E-state index is 11.0. The number of aliphatic carboxylic acids is 1. The third kappa shape index (κ3) is 4.37. The number of hydrogen-bond acceptors (Lipinski definition) is 3. The highest BCUT2D eigenvalue weighted by Gasteiger charge is 2.22. The number of carbonyl (C=O) groups is 2. The van der Waals surface area contributed by atoms with Gasteiger partial charge in [-0.25, -0.2) is 0 Å². The minimum absolute atomic E-state index is 0.260. The van der Waals surface area contributed by atoms with E-state index in [-0.39, 0.29) is 5.78 Å². The average molecular weight is 201 g/mol. The summed E-state index contributed by atoms with van der Waals surface area (Å²) in [6.07, 6.45) is 0.409. The molecule has 0 bridgehead atoms. The lowest BCUT2D eigenvalue weighted by Crippen LogP contribution is -2.30. The maximum absolute atomic E-state index is 11.0. The molecule has 0 aliphatic carbocycles. The van der Waals surface area contributed by atoms with Crippen LogP contribution >= 0.6 is 0 Å². The van der Waals surface area contributed by atoms with Crippen molar-refractivity contribution in [2.45, 2.75) is 27.2 Å². The van der Waals surface area contributed by atoms with Crippen LogP contribution in [-0.2, 0) is 9.59 Å². The minimum atomic E-state index is -1.01. The Bertz CT molecular complexity index is 186. The Labute approximate surface area is 84.9 Å². The molecule has 0 rings (SSSR count). The molecule has 4 nitrogen and oxygen atoms in total. The third-order valence-corrected chi connectivity index (χ3v) is 2.42. The zero-order chi connectivity index (χ0) is 11.1. The molecule has 0 heterocycles. The van der Waals surface area contributed by atoms with E-state index in [1.807, 2.05) is 13.8 Å². The predicted molar refractivity (Wildman–Crippen MR) is 54.2 cm³/mol. The first-order chi connectivity index (χ1) is 6.52. The number of rotatable bonds is 7. The number of carboxylic acid groups (broad SMARTS) is 1. The van der Waals surface area contributed by atoms with Gasteiger partial charge < -0.3 is 10.0 Å². The van der Waals surface area contributed by atoms with E-state index in [1.54, 1.807) is 0 Å². The summed E-state index contributed by atoms with van der Waals surface area (Å²) in [7, 11) is 0. The van der Waals surface area contributed by atoms with Crippen LogP contribution in [0.4, 0.5) is 0 Å². The first kappa shape index (κ1) is 13.1. The summed E-state index contributed by atoms with van der Waals surface area (Å²) in [6.45, 7) is 7.83. The van der Waals surface area contributed by atoms with Gasteiger partial charge in [-0.2, -0.15) is 0 Å². The predicted octanol–water partition coefficient (Wildman–Crippen LogP) is 1.01. The van der Waals surface area contributed by atoms with Gasteiger partial charge in [0.25, 0.3) is 0 Å². The van der Waals surface area contributed by atoms with E-state index >= 15 is 0 Å². The van der Waals surface area contributed by atoms with E-state index in [0.29, 0.717) is 13.0 Å². The van der Waals surface area contributed by atoms with Gasteiger partial charge in [0.15, 0.2) is 0 Å². The van der Waals surface area contributed by atoms with E-state index in [2.05, 4.69) is 4.90 Å². The van der Waals surface area contributed by atoms with Gasteiger partial charge in [0.1, 0.15) is 11.7 Å². The van der Waals surface area contributed by atoms with Crippen molar-refractivity contribution in [3.05, 3.63) is 0 Å². The largest absolute Gasteiger partial charge is 0.481 e. The van der Waals surface area contributed by atoms with Crippen molar-refractivity contribution in [1.82, 2.24) is 4.90 Å². The molecular weight excluding hydrogens is 182 g/mol. The molecule has 0 aromatic rings. The molecule has 14 heavy (non-hydrogen) atoms. The quantitative estimate of drug-likeness (QED) is 0.624. The molecular formula is C10H19NO3. The fourth-order valence-electron chi connectivity index (χ4n) is 1.35. The standard InChI is InChI=1S/C10H19NO3/c1-4-11(5-2)7-6-9(8(3)12)10(13)14/h9H,4-7H2,1-3H3,(H,13,14). The lowest BCUT2D eigenvalue weighted by atomic mass is 10.0. The molecule has 0 saturated carbocycles. The number of hydrogen-bond donors (Lipinski definition) is 1. The summed E-state index contributed by atoms with van der Waals surface area (Å²) in [6, 6.07) is 0. The summed E-state index contributed by atoms with van der Waals surface area (Å²) in [5, 5.41) is 8.76. The van der Waals surface area contributed by atoms with Gasteiger partial charge >= 0.3 is 5.97 Å². The van der Waals surface area contributed by atoms with Gasteiger partial charge in [-0.1, -0.05) is 13.8 Å². The van der Waals surface area contributed by atoms with Crippen LogP contribution in [0.25, 0.3) is 0 Å². The Balaban J connectivity index is 4.06. The van der Waals surface area contributed by atoms with Crippen LogP contribution in [0.2, 0.25) is 0 Å². The molecule has 1 atom stereocenters. The lowest BCUT2D eigenvalue weighted by Gasteiger charge is -2.19. The van der Waals surface area contributed by atoms with E-state index < -0.39 is 11.9 Å². The normalized spacial score (nSPS) is 12.9. The summed E-state index contributed by atoms with van der Waals surface area (Å²) in [4.78, 5) is 23.8. The molecule has 82 valence electrons. The van der Waals surface area contributed by atoms with Crippen LogP contribution < -0.4 is 0 Å². The van der Waals surface area contributed by atoms with Crippen molar-refractivity contribution < 1.29 is 14.7 Å². The summed E-state index contributed by atoms with van der Waals surface area (Å²) < 4.78 is 0. The van der Waals surface area contributed by atoms with Crippen LogP contribution in [0.3, 0.4) is 0 Å². The van der Waals surface area contributed by atoms with Crippen molar-refractivity contribution >= 4 is 11.8 Å². The second-order valence-corrected chi connectivity index (χ2v) is 3.32. The van der Waals surface area contributed by atoms with Gasteiger partial charge in [-0.15, -0.1) is 0 Å². The Morgan fingerprint density at radius 3 is 2.07 bits per heavy atom. The van der Waals surface area contributed by atoms with Crippen LogP contribution in [-0.4, -0.2) is 41.4 Å². The van der Waals surface area contributed by atoms with Gasteiger partial charge in [0.05, 0.1) is 0 Å². The van der Waals surface area contributed by atoms with Crippen molar-refractivity contribution in [1.29, 1.82) is 0 Å². The monoisotopic (exact) mass is 201 g/mol. The SMILES string of the molecule is CCN(CC)CCC(C(C)=O)C(=O)O. The van der Waals surface area contributed by atoms with Crippen molar-refractivity contribution in [3.8, 4) is 0 Å². The van der Waals surface area contributed by atoms with Crippen LogP contribution in [0.5, 0.6) is 0 Å². The average Bonchev–Trinajstić information content (AvgIpc) is 2.11. The number of Topliss-reactive ketones (excluding diaryl/α,β-unsaturated/α-hetero) is 1. The zero-order valence-electron chi connectivity index (χ0n) is 9.12. The topological polar surface area (TPSA) is 57.6 Å². The number of ketones is 1. The Kier molecular flexibility index (Phi) is 6.12. The van der Waals surface area contributed by atoms with Crippen LogP contribution in [0, 0.1) is 5.92 Å². The highest BCUT2D eigenvalue weighted by atomic mass is 16.4. The molecule has 4 heteroatoms. The van der Waals surface area contributed by atoms with E-state index in [1.165, 1.54) is 6.92 Å². The Morgan fingerprint density at radius 1 is 1.29 bits per heavy atom.